The first kappa shape index (κ1) is 18.6. The molecule has 0 spiro atoms. The van der Waals surface area contributed by atoms with Gasteiger partial charge in [-0.15, -0.1) is 12.4 Å². The third-order valence-electron chi connectivity index (χ3n) is 3.73. The number of anilines is 1. The number of nitrogens with one attached hydrogen (secondary N) is 1. The topological polar surface area (TPSA) is 50.4 Å². The van der Waals surface area contributed by atoms with E-state index in [0.29, 0.717) is 5.76 Å². The zero-order valence-electron chi connectivity index (χ0n) is 13.8. The average Bonchev–Trinajstić information content (AvgIpc) is 3.24. The van der Waals surface area contributed by atoms with Gasteiger partial charge in [-0.25, -0.2) is 4.98 Å². The molecule has 0 saturated carbocycles. The highest BCUT2D eigenvalue weighted by atomic mass is 79.9. The van der Waals surface area contributed by atoms with Crippen molar-refractivity contribution in [1.82, 2.24) is 4.98 Å². The number of hydrogen-bond donors (Lipinski definition) is 1. The summed E-state index contributed by atoms with van der Waals surface area (Å²) in [5.74, 6) is 1.49. The maximum absolute atomic E-state index is 5.83. The molecule has 0 aliphatic carbocycles. The highest BCUT2D eigenvalue weighted by Crippen LogP contribution is 2.27. The molecule has 7 heteroatoms. The van der Waals surface area contributed by atoms with Gasteiger partial charge < -0.3 is 4.42 Å². The molecule has 26 heavy (non-hydrogen) atoms. The molecule has 0 saturated heterocycles. The van der Waals surface area contributed by atoms with Crippen LogP contribution in [0, 0.1) is 6.92 Å². The number of thiazole rings is 1. The van der Waals surface area contributed by atoms with Crippen molar-refractivity contribution in [3.8, 4) is 11.3 Å². The number of hydrogen-bond acceptors (Lipinski definition) is 5. The number of rotatable bonds is 4. The lowest BCUT2D eigenvalue weighted by molar-refractivity contribution is 0.575. The Balaban J connectivity index is 0.00000196. The Hall–Kier alpha value is -2.15. The van der Waals surface area contributed by atoms with Crippen LogP contribution >= 0.6 is 39.7 Å². The van der Waals surface area contributed by atoms with Gasteiger partial charge in [0.05, 0.1) is 16.4 Å². The van der Waals surface area contributed by atoms with Crippen LogP contribution < -0.4 is 5.43 Å². The molecule has 1 N–H and O–H groups in total. The minimum absolute atomic E-state index is 0. The first-order valence-electron chi connectivity index (χ1n) is 7.70. The van der Waals surface area contributed by atoms with Gasteiger partial charge in [0.1, 0.15) is 11.5 Å². The highest BCUT2D eigenvalue weighted by molar-refractivity contribution is 9.10. The number of benzene rings is 2. The van der Waals surface area contributed by atoms with Crippen molar-refractivity contribution >= 4 is 61.2 Å². The molecule has 2 aromatic heterocycles. The van der Waals surface area contributed by atoms with E-state index in [1.807, 2.05) is 42.5 Å². The average molecular weight is 449 g/mol. The number of nitrogens with zero attached hydrogens (tertiary/aromatic N) is 2. The lowest BCUT2D eigenvalue weighted by Gasteiger charge is -2.01. The summed E-state index contributed by atoms with van der Waals surface area (Å²) in [5.41, 5.74) is 6.14. The second-order valence-corrected chi connectivity index (χ2v) is 7.41. The van der Waals surface area contributed by atoms with Gasteiger partial charge in [0.15, 0.2) is 0 Å². The fourth-order valence-electron chi connectivity index (χ4n) is 2.39. The van der Waals surface area contributed by atoms with Gasteiger partial charge >= 0.3 is 0 Å². The standard InChI is InChI=1S/C19H14BrN3OS.ClH/c1-12-6-7-13(10-15(12)20)17-9-8-14(24-17)11-21-23-19-22-16-4-2-3-5-18(16)25-19;/h2-11H,1H3,(H,22,23);1H. The third kappa shape index (κ3) is 3.98. The highest BCUT2D eigenvalue weighted by Gasteiger charge is 2.06. The Morgan fingerprint density at radius 2 is 2.00 bits per heavy atom. The molecule has 4 rings (SSSR count). The van der Waals surface area contributed by atoms with E-state index in [1.54, 1.807) is 17.6 Å². The SMILES string of the molecule is Cc1ccc(-c2ccc(C=NNc3nc4ccccc4s3)o2)cc1Br.Cl. The Morgan fingerprint density at radius 3 is 2.81 bits per heavy atom. The van der Waals surface area contributed by atoms with E-state index in [1.165, 1.54) is 5.56 Å². The minimum Gasteiger partial charge on any atom is -0.455 e. The molecule has 4 aromatic rings. The predicted octanol–water partition coefficient (Wildman–Crippen LogP) is 6.50. The van der Waals surface area contributed by atoms with E-state index in [0.717, 1.165) is 31.1 Å². The Morgan fingerprint density at radius 1 is 1.15 bits per heavy atom. The molecule has 2 aromatic carbocycles. The van der Waals surface area contributed by atoms with Gasteiger partial charge in [-0.1, -0.05) is 51.5 Å². The van der Waals surface area contributed by atoms with Gasteiger partial charge in [-0.3, -0.25) is 5.43 Å². The smallest absolute Gasteiger partial charge is 0.204 e. The number of fused-ring (bicyclic) bond motifs is 1. The van der Waals surface area contributed by atoms with E-state index < -0.39 is 0 Å². The molecule has 0 unspecified atom stereocenters. The van der Waals surface area contributed by atoms with Crippen molar-refractivity contribution in [2.75, 3.05) is 5.43 Å². The number of para-hydroxylation sites is 1. The number of furan rings is 1. The first-order chi connectivity index (χ1) is 12.2. The van der Waals surface area contributed by atoms with Gasteiger partial charge in [0.2, 0.25) is 5.13 Å². The van der Waals surface area contributed by atoms with Crippen molar-refractivity contribution in [3.05, 3.63) is 70.4 Å². The van der Waals surface area contributed by atoms with Crippen LogP contribution in [0.15, 0.2) is 68.6 Å². The van der Waals surface area contributed by atoms with Crippen LogP contribution in [0.3, 0.4) is 0 Å². The van der Waals surface area contributed by atoms with E-state index in [4.69, 9.17) is 4.42 Å². The van der Waals surface area contributed by atoms with Crippen LogP contribution in [0.2, 0.25) is 0 Å². The van der Waals surface area contributed by atoms with E-state index >= 15 is 0 Å². The van der Waals surface area contributed by atoms with Crippen LogP contribution in [-0.4, -0.2) is 11.2 Å². The Labute approximate surface area is 169 Å². The lowest BCUT2D eigenvalue weighted by atomic mass is 10.1. The zero-order chi connectivity index (χ0) is 17.2. The Bertz CT molecular complexity index is 1040. The van der Waals surface area contributed by atoms with Crippen molar-refractivity contribution in [3.63, 3.8) is 0 Å². The van der Waals surface area contributed by atoms with Crippen LogP contribution in [0.25, 0.3) is 21.5 Å². The lowest BCUT2D eigenvalue weighted by Crippen LogP contribution is -1.88. The first-order valence-corrected chi connectivity index (χ1v) is 9.31. The van der Waals surface area contributed by atoms with Crippen LogP contribution in [0.1, 0.15) is 11.3 Å². The van der Waals surface area contributed by atoms with E-state index in [2.05, 4.69) is 50.5 Å². The zero-order valence-corrected chi connectivity index (χ0v) is 17.0. The van der Waals surface area contributed by atoms with Crippen LogP contribution in [0.4, 0.5) is 5.13 Å². The fourth-order valence-corrected chi connectivity index (χ4v) is 3.59. The summed E-state index contributed by atoms with van der Waals surface area (Å²) in [6.45, 7) is 2.06. The second-order valence-electron chi connectivity index (χ2n) is 5.52. The third-order valence-corrected chi connectivity index (χ3v) is 5.52. The molecule has 0 atom stereocenters. The molecule has 0 aliphatic heterocycles. The molecule has 132 valence electrons. The number of aromatic nitrogens is 1. The predicted molar refractivity (Wildman–Crippen MR) is 115 cm³/mol. The fraction of sp³-hybridized carbons (Fsp3) is 0.0526. The molecule has 0 amide bonds. The van der Waals surface area contributed by atoms with Crippen molar-refractivity contribution in [2.45, 2.75) is 6.92 Å². The molecule has 0 radical (unpaired) electrons. The Kier molecular flexibility index (Phi) is 5.76. The van der Waals surface area contributed by atoms with Gasteiger partial charge in [0.25, 0.3) is 0 Å². The summed E-state index contributed by atoms with van der Waals surface area (Å²) in [6, 6.07) is 18.0. The van der Waals surface area contributed by atoms with Gasteiger partial charge in [-0.2, -0.15) is 5.10 Å². The van der Waals surface area contributed by atoms with Crippen molar-refractivity contribution < 1.29 is 4.42 Å². The maximum Gasteiger partial charge on any atom is 0.204 e. The molecule has 0 bridgehead atoms. The molecule has 4 nitrogen and oxygen atoms in total. The summed E-state index contributed by atoms with van der Waals surface area (Å²) in [6.07, 6.45) is 1.65. The quantitative estimate of drug-likeness (QED) is 0.286. The summed E-state index contributed by atoms with van der Waals surface area (Å²) in [5, 5.41) is 4.97. The summed E-state index contributed by atoms with van der Waals surface area (Å²) < 4.78 is 8.03. The van der Waals surface area contributed by atoms with E-state index in [-0.39, 0.29) is 12.4 Å². The summed E-state index contributed by atoms with van der Waals surface area (Å²) in [4.78, 5) is 4.47. The minimum atomic E-state index is 0. The summed E-state index contributed by atoms with van der Waals surface area (Å²) >= 11 is 5.11. The maximum atomic E-state index is 5.83. The molecule has 0 aliphatic rings. The molecular weight excluding hydrogens is 434 g/mol. The van der Waals surface area contributed by atoms with Crippen molar-refractivity contribution in [2.24, 2.45) is 5.10 Å². The number of aryl methyl sites for hydroxylation is 1. The number of halogens is 2. The molecule has 0 fully saturated rings. The second kappa shape index (κ2) is 8.03. The summed E-state index contributed by atoms with van der Waals surface area (Å²) in [7, 11) is 0. The van der Waals surface area contributed by atoms with E-state index in [9.17, 15) is 0 Å². The normalized spacial score (nSPS) is 11.0. The van der Waals surface area contributed by atoms with Crippen molar-refractivity contribution in [1.29, 1.82) is 0 Å². The van der Waals surface area contributed by atoms with Gasteiger partial charge in [0, 0.05) is 10.0 Å². The largest absolute Gasteiger partial charge is 0.455 e. The van der Waals surface area contributed by atoms with Crippen LogP contribution in [-0.2, 0) is 0 Å². The van der Waals surface area contributed by atoms with Crippen LogP contribution in [0.5, 0.6) is 0 Å². The molecule has 2 heterocycles. The van der Waals surface area contributed by atoms with Gasteiger partial charge in [-0.05, 0) is 42.8 Å². The number of hydrazone groups is 1. The molecular formula is C19H15BrClN3OS. The monoisotopic (exact) mass is 447 g/mol.